The van der Waals surface area contributed by atoms with E-state index >= 15 is 0 Å². The van der Waals surface area contributed by atoms with E-state index in [1.165, 1.54) is 12.1 Å². The van der Waals surface area contributed by atoms with Crippen LogP contribution in [-0.4, -0.2) is 42.5 Å². The van der Waals surface area contributed by atoms with Gasteiger partial charge in [-0.3, -0.25) is 4.79 Å². The smallest absolute Gasteiger partial charge is 0.246 e. The summed E-state index contributed by atoms with van der Waals surface area (Å²) in [6.45, 7) is 6.09. The van der Waals surface area contributed by atoms with Gasteiger partial charge in [0.15, 0.2) is 11.6 Å². The van der Waals surface area contributed by atoms with E-state index in [2.05, 4.69) is 0 Å². The molecule has 2 N–H and O–H groups in total. The van der Waals surface area contributed by atoms with E-state index in [-0.39, 0.29) is 5.91 Å². The molecule has 6 heteroatoms. The Morgan fingerprint density at radius 1 is 1.17 bits per heavy atom. The van der Waals surface area contributed by atoms with Gasteiger partial charge in [-0.2, -0.15) is 0 Å². The summed E-state index contributed by atoms with van der Waals surface area (Å²) in [5.41, 5.74) is 5.94. The second-order valence-electron chi connectivity index (χ2n) is 6.42. The Bertz CT molecular complexity index is 596. The molecule has 1 heterocycles. The van der Waals surface area contributed by atoms with Crippen LogP contribution >= 0.6 is 0 Å². The van der Waals surface area contributed by atoms with Gasteiger partial charge in [-0.15, -0.1) is 0 Å². The number of anilines is 1. The number of nitrogens with zero attached hydrogens (tertiary/aromatic N) is 2. The second kappa shape index (κ2) is 7.08. The molecule has 0 radical (unpaired) electrons. The number of carbonyl (C=O) groups is 1. The third-order valence-electron chi connectivity index (χ3n) is 3.73. The molecule has 0 atom stereocenters. The van der Waals surface area contributed by atoms with E-state index in [0.29, 0.717) is 31.9 Å². The number of hydrogen-bond donors (Lipinski definition) is 1. The third-order valence-corrected chi connectivity index (χ3v) is 3.73. The summed E-state index contributed by atoms with van der Waals surface area (Å²) in [6.07, 6.45) is 3.96. The largest absolute Gasteiger partial charge is 0.370 e. The van der Waals surface area contributed by atoms with Crippen molar-refractivity contribution in [1.82, 2.24) is 4.90 Å². The van der Waals surface area contributed by atoms with Gasteiger partial charge in [-0.1, -0.05) is 6.08 Å². The standard InChI is InChI=1S/C17H23F2N3O/c1-17(2,20)7-6-16(23)22-9-3-8-21(10-11-22)13-4-5-14(18)15(19)12-13/h4-7,12H,3,8-11,20H2,1-2H3/b7-6+. The highest BCUT2D eigenvalue weighted by molar-refractivity contribution is 5.87. The highest BCUT2D eigenvalue weighted by Gasteiger charge is 2.19. The SMILES string of the molecule is CC(C)(N)/C=C/C(=O)N1CCCN(c2ccc(F)c(F)c2)CC1. The molecule has 1 aliphatic rings. The minimum atomic E-state index is -0.854. The summed E-state index contributed by atoms with van der Waals surface area (Å²) in [5, 5.41) is 0. The third kappa shape index (κ3) is 5.03. The molecule has 0 bridgehead atoms. The molecule has 23 heavy (non-hydrogen) atoms. The fraction of sp³-hybridized carbons (Fsp3) is 0.471. The maximum absolute atomic E-state index is 13.4. The maximum atomic E-state index is 13.4. The van der Waals surface area contributed by atoms with Gasteiger partial charge in [-0.25, -0.2) is 8.78 Å². The van der Waals surface area contributed by atoms with Gasteiger partial charge in [0, 0.05) is 49.5 Å². The predicted octanol–water partition coefficient (Wildman–Crippen LogP) is 2.30. The fourth-order valence-corrected chi connectivity index (χ4v) is 2.47. The molecule has 4 nitrogen and oxygen atoms in total. The van der Waals surface area contributed by atoms with Gasteiger partial charge in [0.2, 0.25) is 5.91 Å². The zero-order chi connectivity index (χ0) is 17.0. The Labute approximate surface area is 135 Å². The summed E-state index contributed by atoms with van der Waals surface area (Å²) >= 11 is 0. The Morgan fingerprint density at radius 3 is 2.57 bits per heavy atom. The van der Waals surface area contributed by atoms with Gasteiger partial charge < -0.3 is 15.5 Å². The molecule has 0 spiro atoms. The van der Waals surface area contributed by atoms with Crippen LogP contribution in [0.5, 0.6) is 0 Å². The Hall–Kier alpha value is -1.95. The van der Waals surface area contributed by atoms with Crippen molar-refractivity contribution in [3.8, 4) is 0 Å². The summed E-state index contributed by atoms with van der Waals surface area (Å²) in [6, 6.07) is 3.89. The lowest BCUT2D eigenvalue weighted by molar-refractivity contribution is -0.125. The number of amides is 1. The average Bonchev–Trinajstić information content (AvgIpc) is 2.73. The fourth-order valence-electron chi connectivity index (χ4n) is 2.47. The minimum absolute atomic E-state index is 0.0735. The first kappa shape index (κ1) is 17.4. The van der Waals surface area contributed by atoms with Gasteiger partial charge in [-0.05, 0) is 32.4 Å². The van der Waals surface area contributed by atoms with E-state index in [1.807, 2.05) is 18.7 Å². The lowest BCUT2D eigenvalue weighted by atomic mass is 10.1. The molecule has 0 aliphatic carbocycles. The normalized spacial score (nSPS) is 16.7. The maximum Gasteiger partial charge on any atom is 0.246 e. The van der Waals surface area contributed by atoms with Crippen LogP contribution in [-0.2, 0) is 4.79 Å². The molecule has 1 aromatic carbocycles. The predicted molar refractivity (Wildman–Crippen MR) is 87.2 cm³/mol. The Morgan fingerprint density at radius 2 is 1.91 bits per heavy atom. The summed E-state index contributed by atoms with van der Waals surface area (Å²) in [5.74, 6) is -1.78. The van der Waals surface area contributed by atoms with Crippen molar-refractivity contribution in [1.29, 1.82) is 0 Å². The van der Waals surface area contributed by atoms with Crippen molar-refractivity contribution in [2.45, 2.75) is 25.8 Å². The zero-order valence-corrected chi connectivity index (χ0v) is 13.6. The van der Waals surface area contributed by atoms with Crippen LogP contribution in [0.25, 0.3) is 0 Å². The topological polar surface area (TPSA) is 49.6 Å². The first-order chi connectivity index (χ1) is 10.8. The zero-order valence-electron chi connectivity index (χ0n) is 13.6. The quantitative estimate of drug-likeness (QED) is 0.869. The highest BCUT2D eigenvalue weighted by atomic mass is 19.2. The van der Waals surface area contributed by atoms with Crippen LogP contribution in [0.15, 0.2) is 30.4 Å². The van der Waals surface area contributed by atoms with Crippen LogP contribution in [0.2, 0.25) is 0 Å². The van der Waals surface area contributed by atoms with E-state index in [4.69, 9.17) is 5.73 Å². The molecular weight excluding hydrogens is 300 g/mol. The number of halogens is 2. The van der Waals surface area contributed by atoms with E-state index in [9.17, 15) is 13.6 Å². The van der Waals surface area contributed by atoms with Crippen LogP contribution < -0.4 is 10.6 Å². The average molecular weight is 323 g/mol. The highest BCUT2D eigenvalue weighted by Crippen LogP contribution is 2.19. The van der Waals surface area contributed by atoms with Crippen LogP contribution in [0, 0.1) is 11.6 Å². The molecule has 1 aromatic rings. The minimum Gasteiger partial charge on any atom is -0.370 e. The molecule has 0 saturated carbocycles. The van der Waals surface area contributed by atoms with Crippen LogP contribution in [0.3, 0.4) is 0 Å². The second-order valence-corrected chi connectivity index (χ2v) is 6.42. The van der Waals surface area contributed by atoms with Gasteiger partial charge >= 0.3 is 0 Å². The van der Waals surface area contributed by atoms with Crippen molar-refractivity contribution in [2.24, 2.45) is 5.73 Å². The molecule has 1 saturated heterocycles. The van der Waals surface area contributed by atoms with Gasteiger partial charge in [0.05, 0.1) is 0 Å². The molecular formula is C17H23F2N3O. The van der Waals surface area contributed by atoms with Crippen LogP contribution in [0.4, 0.5) is 14.5 Å². The van der Waals surface area contributed by atoms with Crippen molar-refractivity contribution in [3.63, 3.8) is 0 Å². The van der Waals surface area contributed by atoms with E-state index in [0.717, 1.165) is 12.5 Å². The number of hydrogen-bond acceptors (Lipinski definition) is 3. The molecule has 126 valence electrons. The molecule has 1 aliphatic heterocycles. The van der Waals surface area contributed by atoms with E-state index in [1.54, 1.807) is 17.0 Å². The van der Waals surface area contributed by atoms with E-state index < -0.39 is 17.2 Å². The first-order valence-electron chi connectivity index (χ1n) is 7.73. The van der Waals surface area contributed by atoms with Crippen molar-refractivity contribution < 1.29 is 13.6 Å². The van der Waals surface area contributed by atoms with Crippen molar-refractivity contribution in [2.75, 3.05) is 31.1 Å². The number of rotatable bonds is 3. The molecule has 0 aromatic heterocycles. The van der Waals surface area contributed by atoms with Gasteiger partial charge in [0.25, 0.3) is 0 Å². The Kier molecular flexibility index (Phi) is 5.36. The van der Waals surface area contributed by atoms with Crippen molar-refractivity contribution >= 4 is 11.6 Å². The Balaban J connectivity index is 2.00. The summed E-state index contributed by atoms with van der Waals surface area (Å²) in [4.78, 5) is 15.9. The monoisotopic (exact) mass is 323 g/mol. The number of benzene rings is 1. The molecule has 0 unspecified atom stereocenters. The lowest BCUT2D eigenvalue weighted by Gasteiger charge is -2.23. The lowest BCUT2D eigenvalue weighted by Crippen LogP contribution is -2.35. The first-order valence-corrected chi connectivity index (χ1v) is 7.73. The van der Waals surface area contributed by atoms with Crippen molar-refractivity contribution in [3.05, 3.63) is 42.0 Å². The number of carbonyl (C=O) groups excluding carboxylic acids is 1. The van der Waals surface area contributed by atoms with Gasteiger partial charge in [0.1, 0.15) is 0 Å². The van der Waals surface area contributed by atoms with Crippen LogP contribution in [0.1, 0.15) is 20.3 Å². The molecule has 1 amide bonds. The summed E-state index contributed by atoms with van der Waals surface area (Å²) < 4.78 is 26.4. The molecule has 1 fully saturated rings. The summed E-state index contributed by atoms with van der Waals surface area (Å²) in [7, 11) is 0. The number of nitrogens with two attached hydrogens (primary N) is 1. The molecule has 2 rings (SSSR count).